The van der Waals surface area contributed by atoms with Crippen molar-refractivity contribution in [3.8, 4) is 0 Å². The molecule has 1 aromatic heterocycles. The van der Waals surface area contributed by atoms with Crippen LogP contribution in [-0.4, -0.2) is 23.9 Å². The molecular formula is C16H19Cl2N3. The number of pyridine rings is 1. The molecule has 0 saturated heterocycles. The minimum absolute atomic E-state index is 0. The van der Waals surface area contributed by atoms with E-state index in [4.69, 9.17) is 0 Å². The fraction of sp³-hybridized carbons (Fsp3) is 0.250. The highest BCUT2D eigenvalue weighted by Crippen LogP contribution is 2.13. The van der Waals surface area contributed by atoms with E-state index in [1.54, 1.807) is 0 Å². The molecule has 3 nitrogen and oxygen atoms in total. The number of halogens is 2. The third-order valence-corrected chi connectivity index (χ3v) is 3.32. The predicted octanol–water partition coefficient (Wildman–Crippen LogP) is 3.06. The highest BCUT2D eigenvalue weighted by molar-refractivity contribution is 6.01. The summed E-state index contributed by atoms with van der Waals surface area (Å²) in [7, 11) is 0. The lowest BCUT2D eigenvalue weighted by Crippen LogP contribution is -2.21. The van der Waals surface area contributed by atoms with Crippen LogP contribution >= 0.6 is 24.8 Å². The van der Waals surface area contributed by atoms with Gasteiger partial charge in [-0.05, 0) is 30.5 Å². The number of benzene rings is 1. The number of aromatic nitrogens is 1. The van der Waals surface area contributed by atoms with Gasteiger partial charge in [0.2, 0.25) is 0 Å². The number of hydrogen-bond acceptors (Lipinski definition) is 3. The average molecular weight is 324 g/mol. The van der Waals surface area contributed by atoms with Crippen LogP contribution in [-0.2, 0) is 12.8 Å². The molecule has 0 radical (unpaired) electrons. The van der Waals surface area contributed by atoms with Crippen LogP contribution in [0.2, 0.25) is 0 Å². The van der Waals surface area contributed by atoms with Crippen LogP contribution in [0.25, 0.3) is 0 Å². The SMILES string of the molecule is Cl.Cl.c1ccc(CCc2ccccc2C2=NCCN2)nc1. The van der Waals surface area contributed by atoms with Gasteiger partial charge in [0.1, 0.15) is 5.84 Å². The second-order valence-corrected chi connectivity index (χ2v) is 4.64. The Bertz CT molecular complexity index is 585. The normalized spacial score (nSPS) is 12.7. The van der Waals surface area contributed by atoms with Gasteiger partial charge in [0.25, 0.3) is 0 Å². The van der Waals surface area contributed by atoms with Crippen LogP contribution in [0.5, 0.6) is 0 Å². The van der Waals surface area contributed by atoms with E-state index in [9.17, 15) is 0 Å². The van der Waals surface area contributed by atoms with Crippen molar-refractivity contribution in [1.82, 2.24) is 10.3 Å². The van der Waals surface area contributed by atoms with Gasteiger partial charge in [-0.2, -0.15) is 0 Å². The number of amidine groups is 1. The Labute approximate surface area is 137 Å². The maximum Gasteiger partial charge on any atom is 0.128 e. The van der Waals surface area contributed by atoms with Crippen molar-refractivity contribution in [1.29, 1.82) is 0 Å². The van der Waals surface area contributed by atoms with Crippen LogP contribution in [0.4, 0.5) is 0 Å². The number of nitrogens with one attached hydrogen (secondary N) is 1. The first kappa shape index (κ1) is 17.5. The molecule has 21 heavy (non-hydrogen) atoms. The van der Waals surface area contributed by atoms with Crippen molar-refractivity contribution < 1.29 is 0 Å². The molecule has 1 aromatic carbocycles. The van der Waals surface area contributed by atoms with Gasteiger partial charge >= 0.3 is 0 Å². The highest BCUT2D eigenvalue weighted by atomic mass is 35.5. The average Bonchev–Trinajstić information content (AvgIpc) is 3.01. The molecular weight excluding hydrogens is 305 g/mol. The van der Waals surface area contributed by atoms with Gasteiger partial charge in [0, 0.05) is 24.0 Å². The summed E-state index contributed by atoms with van der Waals surface area (Å²) in [5.41, 5.74) is 3.70. The third kappa shape index (κ3) is 4.45. The standard InChI is InChI=1S/C16H17N3.2ClH/c1-2-7-15(16-18-11-12-19-16)13(5-1)8-9-14-6-3-4-10-17-14;;/h1-7,10H,8-9,11-12H2,(H,18,19);2*1H. The van der Waals surface area contributed by atoms with Crippen LogP contribution in [0.1, 0.15) is 16.8 Å². The van der Waals surface area contributed by atoms with Crippen LogP contribution in [0, 0.1) is 0 Å². The summed E-state index contributed by atoms with van der Waals surface area (Å²) in [4.78, 5) is 8.89. The van der Waals surface area contributed by atoms with Gasteiger partial charge in [0.15, 0.2) is 0 Å². The zero-order valence-corrected chi connectivity index (χ0v) is 13.3. The van der Waals surface area contributed by atoms with Gasteiger partial charge in [0.05, 0.1) is 6.54 Å². The van der Waals surface area contributed by atoms with E-state index in [2.05, 4.69) is 45.6 Å². The van der Waals surface area contributed by atoms with Crippen LogP contribution < -0.4 is 5.32 Å². The smallest absolute Gasteiger partial charge is 0.128 e. The zero-order chi connectivity index (χ0) is 12.9. The van der Waals surface area contributed by atoms with Gasteiger partial charge in [-0.1, -0.05) is 30.3 Å². The monoisotopic (exact) mass is 323 g/mol. The molecule has 2 heterocycles. The predicted molar refractivity (Wildman–Crippen MR) is 92.0 cm³/mol. The first-order valence-corrected chi connectivity index (χ1v) is 6.70. The quantitative estimate of drug-likeness (QED) is 0.938. The van der Waals surface area contributed by atoms with Crippen molar-refractivity contribution >= 4 is 30.6 Å². The Morgan fingerprint density at radius 2 is 1.76 bits per heavy atom. The molecule has 1 aliphatic rings. The Kier molecular flexibility index (Phi) is 7.20. The Hall–Kier alpha value is -1.58. The summed E-state index contributed by atoms with van der Waals surface area (Å²) < 4.78 is 0. The molecule has 1 N–H and O–H groups in total. The fourth-order valence-electron chi connectivity index (χ4n) is 2.36. The summed E-state index contributed by atoms with van der Waals surface area (Å²) in [5.74, 6) is 1.04. The van der Waals surface area contributed by atoms with Crippen molar-refractivity contribution in [3.05, 3.63) is 65.5 Å². The van der Waals surface area contributed by atoms with Gasteiger partial charge in [-0.25, -0.2) is 0 Å². The van der Waals surface area contributed by atoms with E-state index in [-0.39, 0.29) is 24.8 Å². The van der Waals surface area contributed by atoms with Gasteiger partial charge < -0.3 is 5.32 Å². The van der Waals surface area contributed by atoms with E-state index in [1.807, 2.05) is 18.3 Å². The zero-order valence-electron chi connectivity index (χ0n) is 11.7. The molecule has 0 bridgehead atoms. The summed E-state index contributed by atoms with van der Waals surface area (Å²) in [5, 5.41) is 3.35. The summed E-state index contributed by atoms with van der Waals surface area (Å²) in [6.45, 7) is 1.83. The summed E-state index contributed by atoms with van der Waals surface area (Å²) >= 11 is 0. The maximum atomic E-state index is 4.51. The lowest BCUT2D eigenvalue weighted by Gasteiger charge is -2.09. The van der Waals surface area contributed by atoms with Crippen molar-refractivity contribution in [3.63, 3.8) is 0 Å². The highest BCUT2D eigenvalue weighted by Gasteiger charge is 2.11. The van der Waals surface area contributed by atoms with E-state index in [0.717, 1.165) is 37.5 Å². The van der Waals surface area contributed by atoms with Gasteiger partial charge in [-0.15, -0.1) is 24.8 Å². The number of hydrogen-bond donors (Lipinski definition) is 1. The molecule has 0 amide bonds. The van der Waals surface area contributed by atoms with Crippen LogP contribution in [0.3, 0.4) is 0 Å². The van der Waals surface area contributed by atoms with E-state index in [0.29, 0.717) is 0 Å². The number of rotatable bonds is 4. The molecule has 0 atom stereocenters. The lowest BCUT2D eigenvalue weighted by molar-refractivity contribution is 0.909. The molecule has 0 fully saturated rings. The summed E-state index contributed by atoms with van der Waals surface area (Å²) in [6.07, 6.45) is 3.81. The molecule has 0 unspecified atom stereocenters. The third-order valence-electron chi connectivity index (χ3n) is 3.32. The molecule has 2 aromatic rings. The Morgan fingerprint density at radius 3 is 2.48 bits per heavy atom. The topological polar surface area (TPSA) is 37.3 Å². The first-order chi connectivity index (χ1) is 9.43. The molecule has 3 rings (SSSR count). The fourth-order valence-corrected chi connectivity index (χ4v) is 2.36. The van der Waals surface area contributed by atoms with E-state index in [1.165, 1.54) is 11.1 Å². The molecule has 0 aliphatic carbocycles. The minimum Gasteiger partial charge on any atom is -0.368 e. The van der Waals surface area contributed by atoms with E-state index < -0.39 is 0 Å². The van der Waals surface area contributed by atoms with Crippen molar-refractivity contribution in [2.24, 2.45) is 4.99 Å². The van der Waals surface area contributed by atoms with Gasteiger partial charge in [-0.3, -0.25) is 9.98 Å². The molecule has 0 saturated carbocycles. The second kappa shape index (κ2) is 8.65. The number of nitrogens with zero attached hydrogens (tertiary/aromatic N) is 2. The molecule has 5 heteroatoms. The summed E-state index contributed by atoms with van der Waals surface area (Å²) in [6, 6.07) is 14.6. The van der Waals surface area contributed by atoms with Crippen molar-refractivity contribution in [2.75, 3.05) is 13.1 Å². The number of aliphatic imine (C=N–C) groups is 1. The minimum atomic E-state index is 0. The Balaban J connectivity index is 0.00000110. The Morgan fingerprint density at radius 1 is 0.952 bits per heavy atom. The molecule has 0 spiro atoms. The van der Waals surface area contributed by atoms with E-state index >= 15 is 0 Å². The maximum absolute atomic E-state index is 4.51. The number of aryl methyl sites for hydroxylation is 2. The lowest BCUT2D eigenvalue weighted by atomic mass is 10.0. The molecule has 112 valence electrons. The largest absolute Gasteiger partial charge is 0.368 e. The molecule has 1 aliphatic heterocycles. The van der Waals surface area contributed by atoms with Crippen molar-refractivity contribution in [2.45, 2.75) is 12.8 Å². The second-order valence-electron chi connectivity index (χ2n) is 4.64. The first-order valence-electron chi connectivity index (χ1n) is 6.70. The van der Waals surface area contributed by atoms with Crippen LogP contribution in [0.15, 0.2) is 53.7 Å².